The summed E-state index contributed by atoms with van der Waals surface area (Å²) < 4.78 is 18.3. The number of aliphatic hydroxyl groups excluding tert-OH is 1. The number of amides is 1. The molecule has 7 heteroatoms. The number of carbonyl (C=O) groups excluding carboxylic acids is 1. The predicted molar refractivity (Wildman–Crippen MR) is 88.2 cm³/mol. The van der Waals surface area contributed by atoms with Gasteiger partial charge in [-0.3, -0.25) is 4.79 Å². The summed E-state index contributed by atoms with van der Waals surface area (Å²) in [7, 11) is 0. The summed E-state index contributed by atoms with van der Waals surface area (Å²) in [4.78, 5) is 16.4. The number of hydrogen-bond donors (Lipinski definition) is 2. The summed E-state index contributed by atoms with van der Waals surface area (Å²) in [6.45, 7) is 1.85. The number of nitrogens with one attached hydrogen (secondary N) is 1. The van der Waals surface area contributed by atoms with Gasteiger partial charge < -0.3 is 14.8 Å². The van der Waals surface area contributed by atoms with Crippen LogP contribution < -0.4 is 5.32 Å². The highest BCUT2D eigenvalue weighted by molar-refractivity contribution is 7.13. The fraction of sp³-hybridized carbons (Fsp3) is 0.176. The Morgan fingerprint density at radius 2 is 2.08 bits per heavy atom. The SMILES string of the molecule is Cc1ccc(-c2nc(C(=O)NCC(O)c3ccc(F)cc3)cs2)o1. The van der Waals surface area contributed by atoms with Crippen molar-refractivity contribution in [2.75, 3.05) is 6.54 Å². The highest BCUT2D eigenvalue weighted by atomic mass is 32.1. The molecule has 1 aromatic carbocycles. The molecule has 0 bridgehead atoms. The number of aryl methyl sites for hydroxylation is 1. The normalized spacial score (nSPS) is 12.1. The monoisotopic (exact) mass is 346 g/mol. The number of hydrogen-bond acceptors (Lipinski definition) is 5. The molecule has 2 heterocycles. The number of thiazole rings is 1. The van der Waals surface area contributed by atoms with Gasteiger partial charge >= 0.3 is 0 Å². The number of furan rings is 1. The molecule has 3 aromatic rings. The Balaban J connectivity index is 1.61. The van der Waals surface area contributed by atoms with Crippen LogP contribution in [0, 0.1) is 12.7 Å². The number of carbonyl (C=O) groups is 1. The van der Waals surface area contributed by atoms with Crippen LogP contribution in [0.25, 0.3) is 10.8 Å². The molecule has 0 aliphatic carbocycles. The van der Waals surface area contributed by atoms with Crippen LogP contribution >= 0.6 is 11.3 Å². The van der Waals surface area contributed by atoms with Gasteiger partial charge in [0.25, 0.3) is 5.91 Å². The van der Waals surface area contributed by atoms with Gasteiger partial charge in [0.1, 0.15) is 17.3 Å². The van der Waals surface area contributed by atoms with E-state index in [1.165, 1.54) is 35.6 Å². The first-order valence-corrected chi connectivity index (χ1v) is 8.15. The summed E-state index contributed by atoms with van der Waals surface area (Å²) in [5.74, 6) is 0.622. The van der Waals surface area contributed by atoms with Crippen molar-refractivity contribution in [3.63, 3.8) is 0 Å². The highest BCUT2D eigenvalue weighted by Crippen LogP contribution is 2.25. The van der Waals surface area contributed by atoms with Gasteiger partial charge in [0.15, 0.2) is 10.8 Å². The van der Waals surface area contributed by atoms with Crippen LogP contribution in [0.3, 0.4) is 0 Å². The standard InChI is InChI=1S/C17H15FN2O3S/c1-10-2-7-15(23-10)17-20-13(9-24-17)16(22)19-8-14(21)11-3-5-12(18)6-4-11/h2-7,9,14,21H,8H2,1H3,(H,19,22). The Morgan fingerprint density at radius 3 is 2.75 bits per heavy atom. The number of rotatable bonds is 5. The van der Waals surface area contributed by atoms with Crippen LogP contribution in [-0.2, 0) is 0 Å². The van der Waals surface area contributed by atoms with E-state index in [9.17, 15) is 14.3 Å². The Hall–Kier alpha value is -2.51. The Morgan fingerprint density at radius 1 is 1.33 bits per heavy atom. The predicted octanol–water partition coefficient (Wildman–Crippen LogP) is 3.31. The maximum atomic E-state index is 12.9. The van der Waals surface area contributed by atoms with Gasteiger partial charge in [0.05, 0.1) is 6.10 Å². The smallest absolute Gasteiger partial charge is 0.270 e. The zero-order valence-corrected chi connectivity index (χ0v) is 13.6. The third-order valence-electron chi connectivity index (χ3n) is 3.40. The molecule has 1 amide bonds. The van der Waals surface area contributed by atoms with Crippen LogP contribution in [0.15, 0.2) is 46.2 Å². The van der Waals surface area contributed by atoms with E-state index in [-0.39, 0.29) is 24.0 Å². The molecule has 24 heavy (non-hydrogen) atoms. The Bertz CT molecular complexity index is 842. The quantitative estimate of drug-likeness (QED) is 0.743. The van der Waals surface area contributed by atoms with Crippen molar-refractivity contribution >= 4 is 17.2 Å². The minimum absolute atomic E-state index is 0.0111. The molecule has 3 rings (SSSR count). The number of halogens is 1. The lowest BCUT2D eigenvalue weighted by atomic mass is 10.1. The number of benzene rings is 1. The molecular formula is C17H15FN2O3S. The summed E-state index contributed by atoms with van der Waals surface area (Å²) in [6, 6.07) is 9.11. The largest absolute Gasteiger partial charge is 0.459 e. The molecule has 0 radical (unpaired) electrons. The van der Waals surface area contributed by atoms with Crippen LogP contribution in [-0.4, -0.2) is 22.5 Å². The average molecular weight is 346 g/mol. The second kappa shape index (κ2) is 6.94. The molecular weight excluding hydrogens is 331 g/mol. The number of aliphatic hydroxyl groups is 1. The lowest BCUT2D eigenvalue weighted by Crippen LogP contribution is -2.28. The van der Waals surface area contributed by atoms with Crippen molar-refractivity contribution in [1.82, 2.24) is 10.3 Å². The Kier molecular flexibility index (Phi) is 4.73. The molecule has 2 N–H and O–H groups in total. The van der Waals surface area contributed by atoms with E-state index in [0.717, 1.165) is 5.76 Å². The van der Waals surface area contributed by atoms with Crippen LogP contribution in [0.5, 0.6) is 0 Å². The Labute approximate surface area is 141 Å². The summed E-state index contributed by atoms with van der Waals surface area (Å²) in [5.41, 5.74) is 0.789. The van der Waals surface area contributed by atoms with Gasteiger partial charge in [0, 0.05) is 11.9 Å². The maximum Gasteiger partial charge on any atom is 0.270 e. The van der Waals surface area contributed by atoms with Crippen LogP contribution in [0.4, 0.5) is 4.39 Å². The summed E-state index contributed by atoms with van der Waals surface area (Å²) in [6.07, 6.45) is -0.916. The first kappa shape index (κ1) is 16.4. The summed E-state index contributed by atoms with van der Waals surface area (Å²) in [5, 5.41) is 14.9. The van der Waals surface area contributed by atoms with Gasteiger partial charge in [-0.05, 0) is 36.8 Å². The van der Waals surface area contributed by atoms with E-state index in [1.807, 2.05) is 13.0 Å². The van der Waals surface area contributed by atoms with Crippen molar-refractivity contribution < 1.29 is 18.7 Å². The molecule has 0 aliphatic heterocycles. The maximum absolute atomic E-state index is 12.9. The van der Waals surface area contributed by atoms with Crippen molar-refractivity contribution in [3.05, 3.63) is 64.6 Å². The fourth-order valence-corrected chi connectivity index (χ4v) is 2.88. The third kappa shape index (κ3) is 3.69. The van der Waals surface area contributed by atoms with Crippen LogP contribution in [0.2, 0.25) is 0 Å². The van der Waals surface area contributed by atoms with E-state index in [0.29, 0.717) is 16.3 Å². The van der Waals surface area contributed by atoms with E-state index in [1.54, 1.807) is 11.4 Å². The zero-order valence-electron chi connectivity index (χ0n) is 12.8. The molecule has 1 unspecified atom stereocenters. The van der Waals surface area contributed by atoms with Gasteiger partial charge in [-0.15, -0.1) is 11.3 Å². The summed E-state index contributed by atoms with van der Waals surface area (Å²) >= 11 is 1.31. The lowest BCUT2D eigenvalue weighted by molar-refractivity contribution is 0.0912. The minimum atomic E-state index is -0.916. The zero-order chi connectivity index (χ0) is 17.1. The van der Waals surface area contributed by atoms with E-state index < -0.39 is 6.10 Å². The second-order valence-corrected chi connectivity index (χ2v) is 6.08. The topological polar surface area (TPSA) is 75.4 Å². The number of nitrogens with zero attached hydrogens (tertiary/aromatic N) is 1. The first-order chi connectivity index (χ1) is 11.5. The van der Waals surface area contributed by atoms with Crippen molar-refractivity contribution in [3.8, 4) is 10.8 Å². The highest BCUT2D eigenvalue weighted by Gasteiger charge is 2.15. The van der Waals surface area contributed by atoms with Crippen molar-refractivity contribution in [1.29, 1.82) is 0 Å². The molecule has 0 saturated carbocycles. The lowest BCUT2D eigenvalue weighted by Gasteiger charge is -2.11. The van der Waals surface area contributed by atoms with E-state index in [4.69, 9.17) is 4.42 Å². The van der Waals surface area contributed by atoms with E-state index in [2.05, 4.69) is 10.3 Å². The first-order valence-electron chi connectivity index (χ1n) is 7.27. The van der Waals surface area contributed by atoms with Gasteiger partial charge in [-0.25, -0.2) is 9.37 Å². The van der Waals surface area contributed by atoms with Crippen LogP contribution in [0.1, 0.15) is 27.9 Å². The molecule has 1 atom stereocenters. The second-order valence-electron chi connectivity index (χ2n) is 5.23. The van der Waals surface area contributed by atoms with Gasteiger partial charge in [-0.2, -0.15) is 0 Å². The van der Waals surface area contributed by atoms with Crippen molar-refractivity contribution in [2.45, 2.75) is 13.0 Å². The van der Waals surface area contributed by atoms with Gasteiger partial charge in [-0.1, -0.05) is 12.1 Å². The molecule has 0 spiro atoms. The molecule has 0 saturated heterocycles. The van der Waals surface area contributed by atoms with Gasteiger partial charge in [0.2, 0.25) is 0 Å². The molecule has 5 nitrogen and oxygen atoms in total. The molecule has 0 fully saturated rings. The molecule has 0 aliphatic rings. The minimum Gasteiger partial charge on any atom is -0.459 e. The third-order valence-corrected chi connectivity index (χ3v) is 4.26. The molecule has 124 valence electrons. The van der Waals surface area contributed by atoms with Crippen molar-refractivity contribution in [2.24, 2.45) is 0 Å². The number of aromatic nitrogens is 1. The fourth-order valence-electron chi connectivity index (χ4n) is 2.12. The average Bonchev–Trinajstić information content (AvgIpc) is 3.22. The van der Waals surface area contributed by atoms with E-state index >= 15 is 0 Å². The molecule has 2 aromatic heterocycles.